The van der Waals surface area contributed by atoms with Gasteiger partial charge in [-0.15, -0.1) is 0 Å². The van der Waals surface area contributed by atoms with E-state index in [1.54, 1.807) is 19.2 Å². The lowest BCUT2D eigenvalue weighted by Gasteiger charge is -2.15. The first kappa shape index (κ1) is 13.1. The normalized spacial score (nSPS) is 10.0. The topological polar surface area (TPSA) is 89.5 Å². The SMILES string of the molecule is CN(CCN)C(=O)Cc1cccc([N+](=O)[O-])c1. The highest BCUT2D eigenvalue weighted by Crippen LogP contribution is 2.13. The van der Waals surface area contributed by atoms with Gasteiger partial charge in [0, 0.05) is 32.3 Å². The second-order valence-electron chi connectivity index (χ2n) is 3.71. The van der Waals surface area contributed by atoms with Crippen molar-refractivity contribution in [1.82, 2.24) is 4.90 Å². The number of hydrogen-bond donors (Lipinski definition) is 1. The molecule has 1 aromatic carbocycles. The number of likely N-dealkylation sites (N-methyl/N-ethyl adjacent to an activating group) is 1. The molecule has 0 aliphatic carbocycles. The minimum atomic E-state index is -0.475. The molecule has 0 saturated heterocycles. The van der Waals surface area contributed by atoms with Crippen molar-refractivity contribution >= 4 is 11.6 Å². The summed E-state index contributed by atoms with van der Waals surface area (Å²) in [4.78, 5) is 23.3. The third-order valence-electron chi connectivity index (χ3n) is 2.37. The standard InChI is InChI=1S/C11H15N3O3/c1-13(6-5-12)11(15)8-9-3-2-4-10(7-9)14(16)17/h2-4,7H,5-6,8,12H2,1H3. The van der Waals surface area contributed by atoms with Gasteiger partial charge in [-0.1, -0.05) is 12.1 Å². The van der Waals surface area contributed by atoms with Crippen LogP contribution in [0.2, 0.25) is 0 Å². The Kier molecular flexibility index (Phi) is 4.59. The van der Waals surface area contributed by atoms with E-state index in [4.69, 9.17) is 5.73 Å². The summed E-state index contributed by atoms with van der Waals surface area (Å²) in [5.41, 5.74) is 5.97. The van der Waals surface area contributed by atoms with Crippen LogP contribution in [0.25, 0.3) is 0 Å². The van der Waals surface area contributed by atoms with E-state index in [-0.39, 0.29) is 18.0 Å². The number of nitrogens with zero attached hydrogens (tertiary/aromatic N) is 2. The molecule has 0 radical (unpaired) electrons. The third kappa shape index (κ3) is 3.84. The number of hydrogen-bond acceptors (Lipinski definition) is 4. The molecule has 1 amide bonds. The Morgan fingerprint density at radius 3 is 2.82 bits per heavy atom. The molecule has 0 atom stereocenters. The van der Waals surface area contributed by atoms with Crippen LogP contribution in [0.5, 0.6) is 0 Å². The van der Waals surface area contributed by atoms with E-state index in [1.807, 2.05) is 0 Å². The van der Waals surface area contributed by atoms with Crippen molar-refractivity contribution in [3.63, 3.8) is 0 Å². The fourth-order valence-electron chi connectivity index (χ4n) is 1.41. The Hall–Kier alpha value is -1.95. The van der Waals surface area contributed by atoms with Gasteiger partial charge in [-0.05, 0) is 5.56 Å². The lowest BCUT2D eigenvalue weighted by atomic mass is 10.1. The number of carbonyl (C=O) groups excluding carboxylic acids is 1. The molecule has 2 N–H and O–H groups in total. The molecule has 0 heterocycles. The summed E-state index contributed by atoms with van der Waals surface area (Å²) in [6, 6.07) is 6.08. The number of nitro groups is 1. The second kappa shape index (κ2) is 5.95. The molecular weight excluding hydrogens is 222 g/mol. The van der Waals surface area contributed by atoms with Crippen molar-refractivity contribution in [1.29, 1.82) is 0 Å². The lowest BCUT2D eigenvalue weighted by Crippen LogP contribution is -2.32. The van der Waals surface area contributed by atoms with Crippen LogP contribution in [0.15, 0.2) is 24.3 Å². The van der Waals surface area contributed by atoms with Gasteiger partial charge in [0.25, 0.3) is 5.69 Å². The summed E-state index contributed by atoms with van der Waals surface area (Å²) in [5, 5.41) is 10.6. The first-order valence-electron chi connectivity index (χ1n) is 5.22. The molecule has 0 aromatic heterocycles. The second-order valence-corrected chi connectivity index (χ2v) is 3.71. The summed E-state index contributed by atoms with van der Waals surface area (Å²) < 4.78 is 0. The van der Waals surface area contributed by atoms with Crippen LogP contribution in [-0.2, 0) is 11.2 Å². The molecule has 0 fully saturated rings. The number of nitro benzene ring substituents is 1. The number of benzene rings is 1. The minimum Gasteiger partial charge on any atom is -0.344 e. The number of nitrogens with two attached hydrogens (primary N) is 1. The Morgan fingerprint density at radius 2 is 2.24 bits per heavy atom. The van der Waals surface area contributed by atoms with E-state index in [1.165, 1.54) is 17.0 Å². The average molecular weight is 237 g/mol. The lowest BCUT2D eigenvalue weighted by molar-refractivity contribution is -0.384. The highest BCUT2D eigenvalue weighted by atomic mass is 16.6. The van der Waals surface area contributed by atoms with Gasteiger partial charge in [-0.2, -0.15) is 0 Å². The van der Waals surface area contributed by atoms with Gasteiger partial charge in [-0.25, -0.2) is 0 Å². The maximum Gasteiger partial charge on any atom is 0.269 e. The fourth-order valence-corrected chi connectivity index (χ4v) is 1.41. The zero-order valence-corrected chi connectivity index (χ0v) is 9.63. The van der Waals surface area contributed by atoms with Crippen molar-refractivity contribution in [2.24, 2.45) is 5.73 Å². The Morgan fingerprint density at radius 1 is 1.53 bits per heavy atom. The van der Waals surface area contributed by atoms with Gasteiger partial charge in [0.15, 0.2) is 0 Å². The maximum absolute atomic E-state index is 11.7. The van der Waals surface area contributed by atoms with Crippen molar-refractivity contribution in [3.05, 3.63) is 39.9 Å². The number of rotatable bonds is 5. The van der Waals surface area contributed by atoms with Crippen molar-refractivity contribution in [2.75, 3.05) is 20.1 Å². The molecule has 6 heteroatoms. The van der Waals surface area contributed by atoms with Crippen molar-refractivity contribution < 1.29 is 9.72 Å². The number of carbonyl (C=O) groups is 1. The smallest absolute Gasteiger partial charge is 0.269 e. The quantitative estimate of drug-likeness (QED) is 0.598. The molecule has 1 aromatic rings. The predicted molar refractivity (Wildman–Crippen MR) is 63.5 cm³/mol. The number of non-ortho nitro benzene ring substituents is 1. The van der Waals surface area contributed by atoms with E-state index < -0.39 is 4.92 Å². The fraction of sp³-hybridized carbons (Fsp3) is 0.364. The molecule has 1 rings (SSSR count). The molecule has 0 aliphatic heterocycles. The molecule has 17 heavy (non-hydrogen) atoms. The van der Waals surface area contributed by atoms with Gasteiger partial charge < -0.3 is 10.6 Å². The van der Waals surface area contributed by atoms with Crippen LogP contribution in [-0.4, -0.2) is 35.9 Å². The first-order chi connectivity index (χ1) is 8.04. The van der Waals surface area contributed by atoms with Crippen molar-refractivity contribution in [2.45, 2.75) is 6.42 Å². The molecule has 0 unspecified atom stereocenters. The zero-order chi connectivity index (χ0) is 12.8. The molecule has 0 bridgehead atoms. The van der Waals surface area contributed by atoms with E-state index in [0.29, 0.717) is 18.7 Å². The molecule has 92 valence electrons. The number of amides is 1. The van der Waals surface area contributed by atoms with Crippen LogP contribution in [0.3, 0.4) is 0 Å². The van der Waals surface area contributed by atoms with Crippen LogP contribution < -0.4 is 5.73 Å². The largest absolute Gasteiger partial charge is 0.344 e. The zero-order valence-electron chi connectivity index (χ0n) is 9.63. The van der Waals surface area contributed by atoms with Gasteiger partial charge in [-0.3, -0.25) is 14.9 Å². The summed E-state index contributed by atoms with van der Waals surface area (Å²) in [6.45, 7) is 0.880. The monoisotopic (exact) mass is 237 g/mol. The third-order valence-corrected chi connectivity index (χ3v) is 2.37. The van der Waals surface area contributed by atoms with Gasteiger partial charge in [0.1, 0.15) is 0 Å². The molecular formula is C11H15N3O3. The predicted octanol–water partition coefficient (Wildman–Crippen LogP) is 0.554. The van der Waals surface area contributed by atoms with Crippen molar-refractivity contribution in [3.8, 4) is 0 Å². The molecule has 0 saturated carbocycles. The van der Waals surface area contributed by atoms with Crippen LogP contribution >= 0.6 is 0 Å². The van der Waals surface area contributed by atoms with Crippen LogP contribution in [0.4, 0.5) is 5.69 Å². The van der Waals surface area contributed by atoms with E-state index in [2.05, 4.69) is 0 Å². The molecule has 6 nitrogen and oxygen atoms in total. The molecule has 0 aliphatic rings. The van der Waals surface area contributed by atoms with Gasteiger partial charge in [0.2, 0.25) is 5.91 Å². The Bertz CT molecular complexity index is 420. The van der Waals surface area contributed by atoms with Gasteiger partial charge in [0.05, 0.1) is 11.3 Å². The van der Waals surface area contributed by atoms with Crippen LogP contribution in [0.1, 0.15) is 5.56 Å². The summed E-state index contributed by atoms with van der Waals surface area (Å²) in [7, 11) is 1.66. The first-order valence-corrected chi connectivity index (χ1v) is 5.22. The van der Waals surface area contributed by atoms with E-state index >= 15 is 0 Å². The summed E-state index contributed by atoms with van der Waals surface area (Å²) >= 11 is 0. The summed E-state index contributed by atoms with van der Waals surface area (Å²) in [6.07, 6.45) is 0.151. The Balaban J connectivity index is 2.71. The summed E-state index contributed by atoms with van der Waals surface area (Å²) in [5.74, 6) is -0.101. The highest BCUT2D eigenvalue weighted by molar-refractivity contribution is 5.78. The minimum absolute atomic E-state index is 0.00298. The van der Waals surface area contributed by atoms with Crippen LogP contribution in [0, 0.1) is 10.1 Å². The average Bonchev–Trinajstić information content (AvgIpc) is 2.29. The maximum atomic E-state index is 11.7. The van der Waals surface area contributed by atoms with E-state index in [0.717, 1.165) is 0 Å². The van der Waals surface area contributed by atoms with Gasteiger partial charge >= 0.3 is 0 Å². The highest BCUT2D eigenvalue weighted by Gasteiger charge is 2.11. The van der Waals surface area contributed by atoms with E-state index in [9.17, 15) is 14.9 Å². The molecule has 0 spiro atoms. The Labute approximate surface area is 99.2 Å².